The Balaban J connectivity index is 2.29. The van der Waals surface area contributed by atoms with Crippen molar-refractivity contribution >= 4 is 17.0 Å². The van der Waals surface area contributed by atoms with Crippen LogP contribution >= 0.6 is 0 Å². The summed E-state index contributed by atoms with van der Waals surface area (Å²) in [5.74, 6) is 1.85. The fourth-order valence-electron chi connectivity index (χ4n) is 2.40. The third-order valence-corrected chi connectivity index (χ3v) is 3.43. The predicted molar refractivity (Wildman–Crippen MR) is 83.3 cm³/mol. The third-order valence-electron chi connectivity index (χ3n) is 3.43. The van der Waals surface area contributed by atoms with Gasteiger partial charge in [-0.2, -0.15) is 0 Å². The van der Waals surface area contributed by atoms with Crippen LogP contribution in [0.3, 0.4) is 0 Å². The van der Waals surface area contributed by atoms with Crippen LogP contribution in [0.15, 0.2) is 36.4 Å². The molecule has 0 aliphatic carbocycles. The number of aryl methyl sites for hydroxylation is 1. The van der Waals surface area contributed by atoms with E-state index in [1.807, 2.05) is 41.8 Å². The van der Waals surface area contributed by atoms with Crippen LogP contribution in [0.5, 0.6) is 11.5 Å². The maximum absolute atomic E-state index is 6.09. The van der Waals surface area contributed by atoms with Crippen LogP contribution in [0.25, 0.3) is 16.7 Å². The van der Waals surface area contributed by atoms with Crippen LogP contribution < -0.4 is 15.2 Å². The zero-order chi connectivity index (χ0) is 15.0. The number of hydrogen-bond acceptors (Lipinski definition) is 4. The molecular formula is C16H17N3O2. The zero-order valence-corrected chi connectivity index (χ0v) is 12.3. The second-order valence-electron chi connectivity index (χ2n) is 4.87. The van der Waals surface area contributed by atoms with Crippen LogP contribution in [0.1, 0.15) is 5.56 Å². The Morgan fingerprint density at radius 2 is 1.67 bits per heavy atom. The van der Waals surface area contributed by atoms with Gasteiger partial charge in [-0.1, -0.05) is 6.07 Å². The lowest BCUT2D eigenvalue weighted by atomic mass is 10.2. The van der Waals surface area contributed by atoms with Crippen molar-refractivity contribution in [2.45, 2.75) is 6.92 Å². The minimum Gasteiger partial charge on any atom is -0.497 e. The number of fused-ring (bicyclic) bond motifs is 1. The molecule has 5 nitrogen and oxygen atoms in total. The Bertz CT molecular complexity index is 786. The first-order valence-electron chi connectivity index (χ1n) is 6.60. The van der Waals surface area contributed by atoms with Crippen LogP contribution in [0.4, 0.5) is 5.95 Å². The quantitative estimate of drug-likeness (QED) is 0.802. The first-order chi connectivity index (χ1) is 10.1. The van der Waals surface area contributed by atoms with E-state index in [9.17, 15) is 0 Å². The number of methoxy groups -OCH3 is 2. The van der Waals surface area contributed by atoms with Crippen molar-refractivity contribution in [3.05, 3.63) is 42.0 Å². The van der Waals surface area contributed by atoms with Gasteiger partial charge in [-0.3, -0.25) is 4.57 Å². The van der Waals surface area contributed by atoms with E-state index in [1.54, 1.807) is 14.2 Å². The summed E-state index contributed by atoms with van der Waals surface area (Å²) >= 11 is 0. The molecule has 0 aliphatic rings. The standard InChI is InChI=1S/C16H17N3O2/c1-10-4-5-14-15(6-10)19(16(17)18-14)11-7-12(20-2)9-13(8-11)21-3/h4-9H,1-3H3,(H2,17,18). The molecule has 2 aromatic carbocycles. The number of hydrogen-bond donors (Lipinski definition) is 1. The first-order valence-corrected chi connectivity index (χ1v) is 6.60. The molecule has 0 unspecified atom stereocenters. The minimum absolute atomic E-state index is 0.436. The predicted octanol–water partition coefficient (Wildman–Crippen LogP) is 2.93. The number of aromatic nitrogens is 2. The van der Waals surface area contributed by atoms with E-state index in [0.29, 0.717) is 17.4 Å². The van der Waals surface area contributed by atoms with E-state index < -0.39 is 0 Å². The summed E-state index contributed by atoms with van der Waals surface area (Å²) in [6.07, 6.45) is 0. The lowest BCUT2D eigenvalue weighted by Gasteiger charge is -2.11. The zero-order valence-electron chi connectivity index (χ0n) is 12.3. The summed E-state index contributed by atoms with van der Waals surface area (Å²) < 4.78 is 12.5. The molecule has 108 valence electrons. The summed E-state index contributed by atoms with van der Waals surface area (Å²) in [4.78, 5) is 4.40. The van der Waals surface area contributed by atoms with Gasteiger partial charge in [0, 0.05) is 18.2 Å². The van der Waals surface area contributed by atoms with E-state index in [4.69, 9.17) is 15.2 Å². The van der Waals surface area contributed by atoms with E-state index in [1.165, 1.54) is 0 Å². The van der Waals surface area contributed by atoms with Crippen molar-refractivity contribution in [3.63, 3.8) is 0 Å². The summed E-state index contributed by atoms with van der Waals surface area (Å²) in [6.45, 7) is 2.04. The highest BCUT2D eigenvalue weighted by atomic mass is 16.5. The number of anilines is 1. The molecule has 5 heteroatoms. The molecule has 0 fully saturated rings. The molecular weight excluding hydrogens is 266 g/mol. The number of rotatable bonds is 3. The molecule has 0 atom stereocenters. The summed E-state index contributed by atoms with van der Waals surface area (Å²) in [5, 5.41) is 0. The van der Waals surface area contributed by atoms with Gasteiger partial charge in [0.15, 0.2) is 0 Å². The Kier molecular flexibility index (Phi) is 3.17. The number of nitrogens with two attached hydrogens (primary N) is 1. The summed E-state index contributed by atoms with van der Waals surface area (Å²) in [5.41, 5.74) is 9.92. The Hall–Kier alpha value is -2.69. The van der Waals surface area contributed by atoms with Gasteiger partial charge >= 0.3 is 0 Å². The van der Waals surface area contributed by atoms with Crippen LogP contribution in [0.2, 0.25) is 0 Å². The van der Waals surface area contributed by atoms with Gasteiger partial charge < -0.3 is 15.2 Å². The van der Waals surface area contributed by atoms with Gasteiger partial charge in [-0.25, -0.2) is 4.98 Å². The molecule has 0 spiro atoms. The lowest BCUT2D eigenvalue weighted by Crippen LogP contribution is -2.01. The number of ether oxygens (including phenoxy) is 2. The molecule has 3 aromatic rings. The van der Waals surface area contributed by atoms with Crippen LogP contribution in [-0.4, -0.2) is 23.8 Å². The number of nitrogens with zero attached hydrogens (tertiary/aromatic N) is 2. The highest BCUT2D eigenvalue weighted by Gasteiger charge is 2.12. The SMILES string of the molecule is COc1cc(OC)cc(-n2c(N)nc3ccc(C)cc32)c1. The van der Waals surface area contributed by atoms with Gasteiger partial charge in [-0.15, -0.1) is 0 Å². The highest BCUT2D eigenvalue weighted by Crippen LogP contribution is 2.29. The third kappa shape index (κ3) is 2.27. The molecule has 2 N–H and O–H groups in total. The molecule has 0 aliphatic heterocycles. The maximum atomic E-state index is 6.09. The maximum Gasteiger partial charge on any atom is 0.205 e. The Labute approximate surface area is 122 Å². The second-order valence-corrected chi connectivity index (χ2v) is 4.87. The van der Waals surface area contributed by atoms with Crippen molar-refractivity contribution in [3.8, 4) is 17.2 Å². The lowest BCUT2D eigenvalue weighted by molar-refractivity contribution is 0.394. The molecule has 0 bridgehead atoms. The van der Waals surface area contributed by atoms with Gasteiger partial charge in [0.1, 0.15) is 11.5 Å². The smallest absolute Gasteiger partial charge is 0.205 e. The van der Waals surface area contributed by atoms with Crippen LogP contribution in [-0.2, 0) is 0 Å². The van der Waals surface area contributed by atoms with Crippen molar-refractivity contribution in [2.24, 2.45) is 0 Å². The largest absolute Gasteiger partial charge is 0.497 e. The summed E-state index contributed by atoms with van der Waals surface area (Å²) in [7, 11) is 3.25. The molecule has 1 heterocycles. The monoisotopic (exact) mass is 283 g/mol. The second kappa shape index (κ2) is 5.01. The van der Waals surface area contributed by atoms with E-state index in [0.717, 1.165) is 22.3 Å². The van der Waals surface area contributed by atoms with Gasteiger partial charge in [0.25, 0.3) is 0 Å². The number of benzene rings is 2. The topological polar surface area (TPSA) is 62.3 Å². The molecule has 0 amide bonds. The molecule has 0 saturated heterocycles. The molecule has 1 aromatic heterocycles. The fourth-order valence-corrected chi connectivity index (χ4v) is 2.40. The van der Waals surface area contributed by atoms with Crippen molar-refractivity contribution in [1.82, 2.24) is 9.55 Å². The first kappa shape index (κ1) is 13.3. The highest BCUT2D eigenvalue weighted by molar-refractivity contribution is 5.81. The Morgan fingerprint density at radius 1 is 1.00 bits per heavy atom. The molecule has 21 heavy (non-hydrogen) atoms. The number of nitrogen functional groups attached to an aromatic ring is 1. The number of imidazole rings is 1. The van der Waals surface area contributed by atoms with Gasteiger partial charge in [-0.05, 0) is 24.6 Å². The Morgan fingerprint density at radius 3 is 2.29 bits per heavy atom. The van der Waals surface area contributed by atoms with E-state index >= 15 is 0 Å². The van der Waals surface area contributed by atoms with Gasteiger partial charge in [0.2, 0.25) is 5.95 Å². The molecule has 3 rings (SSSR count). The van der Waals surface area contributed by atoms with Crippen molar-refractivity contribution < 1.29 is 9.47 Å². The minimum atomic E-state index is 0.436. The molecule has 0 radical (unpaired) electrons. The van der Waals surface area contributed by atoms with E-state index in [-0.39, 0.29) is 0 Å². The summed E-state index contributed by atoms with van der Waals surface area (Å²) in [6, 6.07) is 11.7. The fraction of sp³-hybridized carbons (Fsp3) is 0.188. The molecule has 0 saturated carbocycles. The van der Waals surface area contributed by atoms with Crippen molar-refractivity contribution in [2.75, 3.05) is 20.0 Å². The van der Waals surface area contributed by atoms with Crippen LogP contribution in [0, 0.1) is 6.92 Å². The average Bonchev–Trinajstić information content (AvgIpc) is 2.81. The average molecular weight is 283 g/mol. The van der Waals surface area contributed by atoms with Gasteiger partial charge in [0.05, 0.1) is 30.9 Å². The normalized spacial score (nSPS) is 10.8. The van der Waals surface area contributed by atoms with Crippen molar-refractivity contribution in [1.29, 1.82) is 0 Å². The van der Waals surface area contributed by atoms with E-state index in [2.05, 4.69) is 11.1 Å².